The average Bonchev–Trinajstić information content (AvgIpc) is 2.96. The second-order valence-electron chi connectivity index (χ2n) is 4.30. The number of carbonyl (C=O) groups excluding carboxylic acids is 2. The largest absolute Gasteiger partial charge is 0.461 e. The number of nitrogens with two attached hydrogens (primary N) is 1. The first kappa shape index (κ1) is 14.3. The molecular weight excluding hydrogens is 274 g/mol. The van der Waals surface area contributed by atoms with Crippen LogP contribution in [0.3, 0.4) is 0 Å². The summed E-state index contributed by atoms with van der Waals surface area (Å²) in [5.41, 5.74) is 6.42. The van der Waals surface area contributed by atoms with Crippen molar-refractivity contribution in [2.75, 3.05) is 0 Å². The van der Waals surface area contributed by atoms with Crippen molar-refractivity contribution in [2.24, 2.45) is 5.73 Å². The summed E-state index contributed by atoms with van der Waals surface area (Å²) in [6.45, 7) is 0.211. The average molecular weight is 289 g/mol. The Balaban J connectivity index is 1.76. The zero-order chi connectivity index (χ0) is 14.4. The number of thiophene rings is 1. The molecule has 4 nitrogen and oxygen atoms in total. The molecule has 0 atom stereocenters. The smallest absolute Gasteiger partial charge is 0.306 e. The quantitative estimate of drug-likeness (QED) is 0.831. The summed E-state index contributed by atoms with van der Waals surface area (Å²) >= 11 is 1.63. The summed E-state index contributed by atoms with van der Waals surface area (Å²) in [4.78, 5) is 23.7. The molecular formula is C15H15NO3S. The van der Waals surface area contributed by atoms with Gasteiger partial charge in [-0.2, -0.15) is 0 Å². The molecule has 0 aliphatic carbocycles. The number of esters is 1. The van der Waals surface area contributed by atoms with E-state index in [1.807, 2.05) is 17.5 Å². The summed E-state index contributed by atoms with van der Waals surface area (Å²) < 4.78 is 5.18. The van der Waals surface area contributed by atoms with Crippen LogP contribution in [0.15, 0.2) is 41.8 Å². The van der Waals surface area contributed by atoms with Gasteiger partial charge in [0.05, 0.1) is 6.42 Å². The molecule has 2 N–H and O–H groups in total. The van der Waals surface area contributed by atoms with E-state index in [4.69, 9.17) is 10.5 Å². The first-order valence-corrected chi connectivity index (χ1v) is 7.10. The lowest BCUT2D eigenvalue weighted by atomic mass is 10.1. The number of primary amides is 1. The Bertz CT molecular complexity index is 576. The molecule has 0 unspecified atom stereocenters. The molecule has 104 valence electrons. The number of ether oxygens (including phenoxy) is 1. The number of rotatable bonds is 6. The molecule has 2 rings (SSSR count). The minimum atomic E-state index is -0.468. The van der Waals surface area contributed by atoms with Gasteiger partial charge in [-0.15, -0.1) is 11.3 Å². The molecule has 0 radical (unpaired) electrons. The van der Waals surface area contributed by atoms with Crippen molar-refractivity contribution >= 4 is 23.2 Å². The second kappa shape index (κ2) is 6.86. The number of benzene rings is 1. The molecule has 0 saturated heterocycles. The Morgan fingerprint density at radius 1 is 1.15 bits per heavy atom. The first-order valence-electron chi connectivity index (χ1n) is 6.22. The molecule has 1 heterocycles. The molecule has 0 bridgehead atoms. The van der Waals surface area contributed by atoms with E-state index in [9.17, 15) is 9.59 Å². The van der Waals surface area contributed by atoms with Crippen LogP contribution >= 0.6 is 11.3 Å². The molecule has 0 aliphatic heterocycles. The van der Waals surface area contributed by atoms with Crippen LogP contribution in [0.25, 0.3) is 0 Å². The third-order valence-electron chi connectivity index (χ3n) is 2.79. The van der Waals surface area contributed by atoms with Gasteiger partial charge in [0, 0.05) is 10.4 Å². The lowest BCUT2D eigenvalue weighted by Gasteiger charge is -2.05. The minimum Gasteiger partial charge on any atom is -0.461 e. The van der Waals surface area contributed by atoms with Gasteiger partial charge in [0.1, 0.15) is 6.61 Å². The van der Waals surface area contributed by atoms with Gasteiger partial charge in [0.25, 0.3) is 0 Å². The van der Waals surface area contributed by atoms with Crippen molar-refractivity contribution in [3.63, 3.8) is 0 Å². The fourth-order valence-electron chi connectivity index (χ4n) is 1.68. The van der Waals surface area contributed by atoms with E-state index in [0.29, 0.717) is 18.4 Å². The highest BCUT2D eigenvalue weighted by Crippen LogP contribution is 2.12. The maximum atomic E-state index is 11.6. The summed E-state index contributed by atoms with van der Waals surface area (Å²) in [5, 5.41) is 1.99. The Kier molecular flexibility index (Phi) is 4.90. The van der Waals surface area contributed by atoms with Crippen LogP contribution in [0.1, 0.15) is 27.2 Å². The summed E-state index contributed by atoms with van der Waals surface area (Å²) in [6.07, 6.45) is 1.08. The Labute approximate surface area is 121 Å². The van der Waals surface area contributed by atoms with Crippen LogP contribution < -0.4 is 5.73 Å². The topological polar surface area (TPSA) is 69.4 Å². The summed E-state index contributed by atoms with van der Waals surface area (Å²) in [7, 11) is 0. The van der Waals surface area contributed by atoms with Gasteiger partial charge < -0.3 is 10.5 Å². The third-order valence-corrected chi connectivity index (χ3v) is 3.73. The highest BCUT2D eigenvalue weighted by atomic mass is 32.1. The third kappa shape index (κ3) is 4.20. The van der Waals surface area contributed by atoms with Gasteiger partial charge in [-0.3, -0.25) is 9.59 Å². The van der Waals surface area contributed by atoms with Crippen LogP contribution in [0.2, 0.25) is 0 Å². The number of carbonyl (C=O) groups is 2. The van der Waals surface area contributed by atoms with E-state index >= 15 is 0 Å². The van der Waals surface area contributed by atoms with Crippen LogP contribution in [0.4, 0.5) is 0 Å². The van der Waals surface area contributed by atoms with Crippen molar-refractivity contribution in [1.29, 1.82) is 0 Å². The van der Waals surface area contributed by atoms with Gasteiger partial charge in [-0.25, -0.2) is 0 Å². The number of aryl methyl sites for hydroxylation is 1. The van der Waals surface area contributed by atoms with E-state index in [-0.39, 0.29) is 12.6 Å². The lowest BCUT2D eigenvalue weighted by Crippen LogP contribution is -2.11. The van der Waals surface area contributed by atoms with Crippen molar-refractivity contribution in [2.45, 2.75) is 19.4 Å². The molecule has 0 aliphatic rings. The Morgan fingerprint density at radius 2 is 1.90 bits per heavy atom. The highest BCUT2D eigenvalue weighted by Gasteiger charge is 2.05. The monoisotopic (exact) mass is 289 g/mol. The Morgan fingerprint density at radius 3 is 2.50 bits per heavy atom. The molecule has 1 aromatic heterocycles. The minimum absolute atomic E-state index is 0.211. The molecule has 20 heavy (non-hydrogen) atoms. The van der Waals surface area contributed by atoms with Gasteiger partial charge in [-0.1, -0.05) is 18.2 Å². The molecule has 5 heteroatoms. The second-order valence-corrected chi connectivity index (χ2v) is 5.33. The number of amides is 1. The standard InChI is InChI=1S/C15H15NO3S/c16-15(18)12-5-3-11(4-6-12)10-19-14(17)8-7-13-2-1-9-20-13/h1-6,9H,7-8,10H2,(H2,16,18). The van der Waals surface area contributed by atoms with Crippen molar-refractivity contribution in [1.82, 2.24) is 0 Å². The highest BCUT2D eigenvalue weighted by molar-refractivity contribution is 7.09. The maximum Gasteiger partial charge on any atom is 0.306 e. The van der Waals surface area contributed by atoms with E-state index < -0.39 is 5.91 Å². The van der Waals surface area contributed by atoms with Crippen LogP contribution in [-0.2, 0) is 22.6 Å². The van der Waals surface area contributed by atoms with Gasteiger partial charge in [0.15, 0.2) is 0 Å². The molecule has 0 fully saturated rings. The maximum absolute atomic E-state index is 11.6. The normalized spacial score (nSPS) is 10.2. The van der Waals surface area contributed by atoms with Crippen LogP contribution in [0.5, 0.6) is 0 Å². The van der Waals surface area contributed by atoms with E-state index in [1.165, 1.54) is 4.88 Å². The summed E-state index contributed by atoms with van der Waals surface area (Å²) in [6, 6.07) is 10.7. The molecule has 1 aromatic carbocycles. The van der Waals surface area contributed by atoms with Gasteiger partial charge >= 0.3 is 5.97 Å². The first-order chi connectivity index (χ1) is 9.65. The zero-order valence-corrected chi connectivity index (χ0v) is 11.7. The van der Waals surface area contributed by atoms with Crippen LogP contribution in [0, 0.1) is 0 Å². The van der Waals surface area contributed by atoms with Crippen molar-refractivity contribution in [3.8, 4) is 0 Å². The zero-order valence-electron chi connectivity index (χ0n) is 10.9. The van der Waals surface area contributed by atoms with Gasteiger partial charge in [-0.05, 0) is 35.6 Å². The molecule has 1 amide bonds. The fourth-order valence-corrected chi connectivity index (χ4v) is 2.39. The summed E-state index contributed by atoms with van der Waals surface area (Å²) in [5.74, 6) is -0.693. The van der Waals surface area contributed by atoms with Crippen LogP contribution in [-0.4, -0.2) is 11.9 Å². The molecule has 0 saturated carbocycles. The fraction of sp³-hybridized carbons (Fsp3) is 0.200. The Hall–Kier alpha value is -2.14. The molecule has 0 spiro atoms. The van der Waals surface area contributed by atoms with E-state index in [0.717, 1.165) is 5.56 Å². The lowest BCUT2D eigenvalue weighted by molar-refractivity contribution is -0.144. The van der Waals surface area contributed by atoms with Crippen molar-refractivity contribution in [3.05, 3.63) is 57.8 Å². The predicted molar refractivity (Wildman–Crippen MR) is 77.4 cm³/mol. The number of hydrogen-bond donors (Lipinski definition) is 1. The number of hydrogen-bond acceptors (Lipinski definition) is 4. The van der Waals surface area contributed by atoms with E-state index in [2.05, 4.69) is 0 Å². The van der Waals surface area contributed by atoms with E-state index in [1.54, 1.807) is 35.6 Å². The van der Waals surface area contributed by atoms with Crippen molar-refractivity contribution < 1.29 is 14.3 Å². The SMILES string of the molecule is NC(=O)c1ccc(COC(=O)CCc2cccs2)cc1. The van der Waals surface area contributed by atoms with Gasteiger partial charge in [0.2, 0.25) is 5.91 Å². The molecule has 2 aromatic rings. The predicted octanol–water partition coefficient (Wildman–Crippen LogP) is 2.52.